The summed E-state index contributed by atoms with van der Waals surface area (Å²) < 4.78 is 18.7. The van der Waals surface area contributed by atoms with Crippen LogP contribution in [0.2, 0.25) is 0 Å². The molecule has 0 bridgehead atoms. The largest absolute Gasteiger partial charge is 0.490 e. The number of fused-ring (bicyclic) bond motifs is 1. The molecule has 0 saturated carbocycles. The van der Waals surface area contributed by atoms with Gasteiger partial charge in [0.25, 0.3) is 5.56 Å². The summed E-state index contributed by atoms with van der Waals surface area (Å²) in [4.78, 5) is 29.4. The molecule has 2 aromatic heterocycles. The summed E-state index contributed by atoms with van der Waals surface area (Å²) in [6, 6.07) is 12.6. The molecule has 0 fully saturated rings. The van der Waals surface area contributed by atoms with Crippen molar-refractivity contribution >= 4 is 28.3 Å². The number of hydrogen-bond acceptors (Lipinski definition) is 8. The van der Waals surface area contributed by atoms with E-state index in [4.69, 9.17) is 14.2 Å². The monoisotopic (exact) mass is 493 g/mol. The molecule has 182 valence electrons. The first-order valence-corrected chi connectivity index (χ1v) is 12.4. The average Bonchev–Trinajstić information content (AvgIpc) is 3.37. The highest BCUT2D eigenvalue weighted by Gasteiger charge is 2.16. The van der Waals surface area contributed by atoms with Crippen molar-refractivity contribution < 1.29 is 19.0 Å². The van der Waals surface area contributed by atoms with Gasteiger partial charge in [-0.25, -0.2) is 0 Å². The zero-order valence-electron chi connectivity index (χ0n) is 19.9. The number of aromatic nitrogens is 3. The molecule has 0 atom stereocenters. The zero-order valence-corrected chi connectivity index (χ0v) is 20.8. The molecule has 0 saturated heterocycles. The second-order valence-corrected chi connectivity index (χ2v) is 8.84. The lowest BCUT2D eigenvalue weighted by atomic mass is 10.2. The summed E-state index contributed by atoms with van der Waals surface area (Å²) in [6.45, 7) is 6.55. The molecule has 4 rings (SSSR count). The minimum Gasteiger partial charge on any atom is -0.490 e. The molecule has 35 heavy (non-hydrogen) atoms. The van der Waals surface area contributed by atoms with Crippen LogP contribution in [0.25, 0.3) is 22.4 Å². The highest BCUT2D eigenvalue weighted by molar-refractivity contribution is 7.15. The van der Waals surface area contributed by atoms with Gasteiger partial charge in [0.05, 0.1) is 23.3 Å². The summed E-state index contributed by atoms with van der Waals surface area (Å²) in [7, 11) is 0. The smallest absolute Gasteiger partial charge is 0.308 e. The maximum Gasteiger partial charge on any atom is 0.308 e. The second-order valence-electron chi connectivity index (χ2n) is 7.83. The lowest BCUT2D eigenvalue weighted by Crippen LogP contribution is -2.23. The van der Waals surface area contributed by atoms with Crippen LogP contribution in [-0.4, -0.2) is 33.8 Å². The van der Waals surface area contributed by atoms with Crippen LogP contribution in [0.15, 0.2) is 47.3 Å². The summed E-state index contributed by atoms with van der Waals surface area (Å²) >= 11 is 1.24. The van der Waals surface area contributed by atoms with E-state index in [1.807, 2.05) is 25.1 Å². The van der Waals surface area contributed by atoms with E-state index >= 15 is 0 Å². The molecule has 2 heterocycles. The van der Waals surface area contributed by atoms with Crippen molar-refractivity contribution in [2.45, 2.75) is 40.0 Å². The van der Waals surface area contributed by atoms with Crippen molar-refractivity contribution in [1.29, 1.82) is 0 Å². The molecular weight excluding hydrogens is 466 g/mol. The van der Waals surface area contributed by atoms with Gasteiger partial charge in [-0.1, -0.05) is 49.3 Å². The third-order valence-corrected chi connectivity index (χ3v) is 6.09. The van der Waals surface area contributed by atoms with Gasteiger partial charge in [-0.15, -0.1) is 5.10 Å². The van der Waals surface area contributed by atoms with Crippen LogP contribution in [0.3, 0.4) is 0 Å². The fourth-order valence-corrected chi connectivity index (χ4v) is 4.44. The maximum atomic E-state index is 13.0. The third kappa shape index (κ3) is 5.68. The second kappa shape index (κ2) is 11.1. The summed E-state index contributed by atoms with van der Waals surface area (Å²) in [5.41, 5.74) is 1.09. The lowest BCUT2D eigenvalue weighted by molar-refractivity contribution is -0.131. The standard InChI is InChI=1S/C26H27N3O5S/c1-4-6-9-14-33-21-13-12-18(15-22(21)32-5-2)16-23-25(31)29-26(35-23)27-24(28-29)19-10-7-8-11-20(19)34-17(3)30/h7-8,10-13,15-16H,4-6,9,14H2,1-3H3. The molecule has 9 heteroatoms. The molecule has 0 aliphatic carbocycles. The predicted octanol–water partition coefficient (Wildman–Crippen LogP) is 4.26. The van der Waals surface area contributed by atoms with E-state index in [9.17, 15) is 9.59 Å². The normalized spacial score (nSPS) is 11.7. The molecule has 0 amide bonds. The molecule has 0 aliphatic heterocycles. The fourth-order valence-electron chi connectivity index (χ4n) is 3.53. The Morgan fingerprint density at radius 2 is 1.89 bits per heavy atom. The Bertz CT molecular complexity index is 1440. The van der Waals surface area contributed by atoms with E-state index in [2.05, 4.69) is 17.0 Å². The van der Waals surface area contributed by atoms with Crippen LogP contribution in [-0.2, 0) is 4.79 Å². The zero-order chi connectivity index (χ0) is 24.8. The van der Waals surface area contributed by atoms with E-state index < -0.39 is 5.97 Å². The minimum atomic E-state index is -0.441. The number of unbranched alkanes of at least 4 members (excludes halogenated alkanes) is 2. The highest BCUT2D eigenvalue weighted by Crippen LogP contribution is 2.30. The van der Waals surface area contributed by atoms with Crippen molar-refractivity contribution in [3.63, 3.8) is 0 Å². The van der Waals surface area contributed by atoms with E-state index in [1.165, 1.54) is 22.8 Å². The van der Waals surface area contributed by atoms with Gasteiger partial charge in [0.2, 0.25) is 4.96 Å². The molecule has 0 spiro atoms. The molecule has 4 aromatic rings. The number of nitrogens with zero attached hydrogens (tertiary/aromatic N) is 3. The third-order valence-electron chi connectivity index (χ3n) is 5.13. The number of benzene rings is 2. The molecule has 0 N–H and O–H groups in total. The van der Waals surface area contributed by atoms with E-state index in [0.717, 1.165) is 24.8 Å². The SMILES string of the molecule is CCCCCOc1ccc(C=c2sc3nc(-c4ccccc4OC(C)=O)nn3c2=O)cc1OCC. The summed E-state index contributed by atoms with van der Waals surface area (Å²) in [6.07, 6.45) is 5.03. The first kappa shape index (κ1) is 24.4. The van der Waals surface area contributed by atoms with E-state index in [1.54, 1.807) is 30.3 Å². The number of esters is 1. The Morgan fingerprint density at radius 3 is 2.63 bits per heavy atom. The predicted molar refractivity (Wildman–Crippen MR) is 135 cm³/mol. The Hall–Kier alpha value is -3.72. The molecule has 8 nitrogen and oxygen atoms in total. The van der Waals surface area contributed by atoms with Gasteiger partial charge in [-0.3, -0.25) is 9.59 Å². The Balaban J connectivity index is 1.64. The number of para-hydroxylation sites is 1. The number of ether oxygens (including phenoxy) is 3. The van der Waals surface area contributed by atoms with Crippen LogP contribution in [0.5, 0.6) is 17.2 Å². The van der Waals surface area contributed by atoms with Gasteiger partial charge < -0.3 is 14.2 Å². The lowest BCUT2D eigenvalue weighted by Gasteiger charge is -2.12. The van der Waals surface area contributed by atoms with Crippen LogP contribution in [0.1, 0.15) is 45.6 Å². The number of hydrogen-bond donors (Lipinski definition) is 0. The van der Waals surface area contributed by atoms with Crippen molar-refractivity contribution in [3.05, 3.63) is 62.9 Å². The highest BCUT2D eigenvalue weighted by atomic mass is 32.1. The first-order valence-electron chi connectivity index (χ1n) is 11.6. The van der Waals surface area contributed by atoms with Crippen molar-refractivity contribution in [3.8, 4) is 28.6 Å². The topological polar surface area (TPSA) is 92.0 Å². The van der Waals surface area contributed by atoms with Crippen LogP contribution >= 0.6 is 11.3 Å². The van der Waals surface area contributed by atoms with Gasteiger partial charge in [0.1, 0.15) is 5.75 Å². The fraction of sp³-hybridized carbons (Fsp3) is 0.308. The molecular formula is C26H27N3O5S. The van der Waals surface area contributed by atoms with Gasteiger partial charge in [-0.05, 0) is 49.2 Å². The van der Waals surface area contributed by atoms with Crippen LogP contribution in [0.4, 0.5) is 0 Å². The molecule has 2 aromatic carbocycles. The first-order chi connectivity index (χ1) is 17.0. The Morgan fingerprint density at radius 1 is 1.06 bits per heavy atom. The van der Waals surface area contributed by atoms with E-state index in [-0.39, 0.29) is 5.56 Å². The van der Waals surface area contributed by atoms with Gasteiger partial charge in [0.15, 0.2) is 17.3 Å². The van der Waals surface area contributed by atoms with Crippen molar-refractivity contribution in [1.82, 2.24) is 14.6 Å². The van der Waals surface area contributed by atoms with Gasteiger partial charge in [-0.2, -0.15) is 9.50 Å². The maximum absolute atomic E-state index is 13.0. The molecule has 0 aliphatic rings. The number of rotatable bonds is 10. The Labute approximate surface area is 206 Å². The minimum absolute atomic E-state index is 0.272. The van der Waals surface area contributed by atoms with Gasteiger partial charge in [0, 0.05) is 6.92 Å². The Kier molecular flexibility index (Phi) is 7.77. The van der Waals surface area contributed by atoms with Crippen molar-refractivity contribution in [2.24, 2.45) is 0 Å². The number of thiazole rings is 1. The molecule has 0 unspecified atom stereocenters. The van der Waals surface area contributed by atoms with Crippen molar-refractivity contribution in [2.75, 3.05) is 13.2 Å². The average molecular weight is 494 g/mol. The molecule has 0 radical (unpaired) electrons. The summed E-state index contributed by atoms with van der Waals surface area (Å²) in [5.74, 6) is 1.57. The number of carbonyl (C=O) groups excluding carboxylic acids is 1. The summed E-state index contributed by atoms with van der Waals surface area (Å²) in [5, 5.41) is 4.37. The van der Waals surface area contributed by atoms with E-state index in [0.29, 0.717) is 51.3 Å². The van der Waals surface area contributed by atoms with Gasteiger partial charge >= 0.3 is 5.97 Å². The number of carbonyl (C=O) groups is 1. The van der Waals surface area contributed by atoms with Crippen LogP contribution in [0, 0.1) is 0 Å². The quantitative estimate of drug-likeness (QED) is 0.185. The van der Waals surface area contributed by atoms with Crippen LogP contribution < -0.4 is 24.3 Å².